The van der Waals surface area contributed by atoms with Gasteiger partial charge in [0.25, 0.3) is 0 Å². The van der Waals surface area contributed by atoms with E-state index in [1.807, 2.05) is 56.3 Å². The summed E-state index contributed by atoms with van der Waals surface area (Å²) in [6.07, 6.45) is 0. The third-order valence-electron chi connectivity index (χ3n) is 4.18. The number of hydrogen-bond acceptors (Lipinski definition) is 7. The molecule has 1 aromatic heterocycles. The van der Waals surface area contributed by atoms with Crippen LogP contribution in [0.25, 0.3) is 11.3 Å². The van der Waals surface area contributed by atoms with Crippen molar-refractivity contribution in [1.29, 1.82) is 0 Å². The molecule has 0 amide bonds. The summed E-state index contributed by atoms with van der Waals surface area (Å²) in [6, 6.07) is 16.9. The molecule has 0 saturated heterocycles. The first-order valence-corrected chi connectivity index (χ1v) is 9.16. The molecule has 1 unspecified atom stereocenters. The molecule has 0 aliphatic rings. The molecule has 0 spiro atoms. The molecular formula is C22H23N3O4. The molecule has 0 aliphatic heterocycles. The number of methoxy groups -OCH3 is 1. The van der Waals surface area contributed by atoms with Crippen molar-refractivity contribution < 1.29 is 19.3 Å². The zero-order valence-corrected chi connectivity index (χ0v) is 16.8. The van der Waals surface area contributed by atoms with Crippen LogP contribution in [0.1, 0.15) is 31.3 Å². The topological polar surface area (TPSA) is 82.6 Å². The van der Waals surface area contributed by atoms with E-state index in [4.69, 9.17) is 9.62 Å². The second kappa shape index (κ2) is 9.05. The summed E-state index contributed by atoms with van der Waals surface area (Å²) < 4.78 is 5.30. The Morgan fingerprint density at radius 2 is 1.79 bits per heavy atom. The van der Waals surface area contributed by atoms with Gasteiger partial charge in [0, 0.05) is 18.6 Å². The smallest absolute Gasteiger partial charge is 0.352 e. The van der Waals surface area contributed by atoms with E-state index in [0.29, 0.717) is 17.4 Å². The Morgan fingerprint density at radius 1 is 1.03 bits per heavy atom. The first kappa shape index (κ1) is 20.1. The van der Waals surface area contributed by atoms with Crippen LogP contribution in [-0.2, 0) is 9.68 Å². The minimum atomic E-state index is -0.511. The molecule has 0 radical (unpaired) electrons. The van der Waals surface area contributed by atoms with Crippen LogP contribution in [0.4, 0.5) is 5.82 Å². The lowest BCUT2D eigenvalue weighted by Gasteiger charge is -2.17. The van der Waals surface area contributed by atoms with Gasteiger partial charge < -0.3 is 10.1 Å². The number of ether oxygens (including phenoxy) is 1. The van der Waals surface area contributed by atoms with Gasteiger partial charge in [-0.1, -0.05) is 24.3 Å². The van der Waals surface area contributed by atoms with Gasteiger partial charge in [-0.15, -0.1) is 0 Å². The Hall–Kier alpha value is -3.61. The largest absolute Gasteiger partial charge is 0.497 e. The van der Waals surface area contributed by atoms with Gasteiger partial charge in [0.2, 0.25) is 0 Å². The molecule has 1 N–H and O–H groups in total. The van der Waals surface area contributed by atoms with E-state index in [9.17, 15) is 4.79 Å². The number of rotatable bonds is 7. The van der Waals surface area contributed by atoms with Gasteiger partial charge in [0.05, 0.1) is 18.8 Å². The van der Waals surface area contributed by atoms with Gasteiger partial charge in [-0.05, 0) is 43.7 Å². The molecule has 0 fully saturated rings. The van der Waals surface area contributed by atoms with E-state index in [1.54, 1.807) is 19.2 Å². The van der Waals surface area contributed by atoms with Gasteiger partial charge >= 0.3 is 5.97 Å². The molecule has 1 atom stereocenters. The number of nitrogens with zero attached hydrogens (tertiary/aromatic N) is 2. The maximum Gasteiger partial charge on any atom is 0.352 e. The third kappa shape index (κ3) is 5.44. The first-order valence-electron chi connectivity index (χ1n) is 9.16. The summed E-state index contributed by atoms with van der Waals surface area (Å²) in [4.78, 5) is 29.6. The van der Waals surface area contributed by atoms with Crippen LogP contribution >= 0.6 is 0 Å². The summed E-state index contributed by atoms with van der Waals surface area (Å²) in [6.45, 7) is 5.14. The Labute approximate surface area is 169 Å². The number of aromatic nitrogens is 2. The fraction of sp³-hybridized carbons (Fsp3) is 0.227. The monoisotopic (exact) mass is 393 g/mol. The van der Waals surface area contributed by atoms with E-state index < -0.39 is 5.97 Å². The normalized spacial score (nSPS) is 11.4. The fourth-order valence-corrected chi connectivity index (χ4v) is 2.82. The average Bonchev–Trinajstić information content (AvgIpc) is 2.72. The lowest BCUT2D eigenvalue weighted by molar-refractivity contribution is -0.210. The Morgan fingerprint density at radius 3 is 2.55 bits per heavy atom. The molecule has 0 saturated carbocycles. The van der Waals surface area contributed by atoms with Gasteiger partial charge in [-0.3, -0.25) is 9.78 Å². The average molecular weight is 393 g/mol. The van der Waals surface area contributed by atoms with Crippen molar-refractivity contribution in [3.05, 3.63) is 66.0 Å². The summed E-state index contributed by atoms with van der Waals surface area (Å²) in [5.74, 6) is 2.07. The zero-order valence-electron chi connectivity index (χ0n) is 16.8. The SMILES string of the molecule is COc1cccc(-c2cc(NC(C)c3cccc(OOC(C)=O)c3)nc(C)n2)c1. The summed E-state index contributed by atoms with van der Waals surface area (Å²) in [7, 11) is 1.64. The molecule has 29 heavy (non-hydrogen) atoms. The number of aryl methyl sites for hydroxylation is 1. The van der Waals surface area contributed by atoms with Crippen molar-refractivity contribution in [1.82, 2.24) is 9.97 Å². The predicted molar refractivity (Wildman–Crippen MR) is 110 cm³/mol. The van der Waals surface area contributed by atoms with Crippen LogP contribution in [0.3, 0.4) is 0 Å². The standard InChI is InChI=1S/C22H23N3O4/c1-14(17-7-5-10-20(11-17)29-28-16(3)26)23-22-13-21(24-15(2)25-22)18-8-6-9-19(12-18)27-4/h5-14H,1-4H3,(H,23,24,25). The highest BCUT2D eigenvalue weighted by molar-refractivity contribution is 5.65. The van der Waals surface area contributed by atoms with Crippen LogP contribution in [-0.4, -0.2) is 23.0 Å². The highest BCUT2D eigenvalue weighted by Gasteiger charge is 2.11. The minimum absolute atomic E-state index is 0.0664. The second-order valence-electron chi connectivity index (χ2n) is 6.51. The van der Waals surface area contributed by atoms with Gasteiger partial charge in [-0.25, -0.2) is 14.8 Å². The van der Waals surface area contributed by atoms with Crippen LogP contribution in [0.15, 0.2) is 54.6 Å². The molecule has 0 bridgehead atoms. The van der Waals surface area contributed by atoms with Crippen LogP contribution in [0.5, 0.6) is 11.5 Å². The van der Waals surface area contributed by atoms with E-state index in [0.717, 1.165) is 22.6 Å². The summed E-state index contributed by atoms with van der Waals surface area (Å²) in [5.41, 5.74) is 2.70. The van der Waals surface area contributed by atoms with Gasteiger partial charge in [0.1, 0.15) is 17.4 Å². The molecule has 150 valence electrons. The summed E-state index contributed by atoms with van der Waals surface area (Å²) >= 11 is 0. The third-order valence-corrected chi connectivity index (χ3v) is 4.18. The van der Waals surface area contributed by atoms with Crippen molar-refractivity contribution in [2.75, 3.05) is 12.4 Å². The van der Waals surface area contributed by atoms with Crippen molar-refractivity contribution in [2.24, 2.45) is 0 Å². The number of anilines is 1. The lowest BCUT2D eigenvalue weighted by atomic mass is 10.1. The Bertz CT molecular complexity index is 1010. The molecular weight excluding hydrogens is 370 g/mol. The lowest BCUT2D eigenvalue weighted by Crippen LogP contribution is -2.10. The van der Waals surface area contributed by atoms with E-state index >= 15 is 0 Å². The van der Waals surface area contributed by atoms with E-state index in [-0.39, 0.29) is 6.04 Å². The quantitative estimate of drug-likeness (QED) is 0.468. The molecule has 7 heteroatoms. The van der Waals surface area contributed by atoms with Crippen LogP contribution in [0.2, 0.25) is 0 Å². The van der Waals surface area contributed by atoms with Crippen LogP contribution in [0, 0.1) is 6.92 Å². The zero-order chi connectivity index (χ0) is 20.8. The van der Waals surface area contributed by atoms with E-state index in [2.05, 4.69) is 20.2 Å². The maximum absolute atomic E-state index is 10.9. The Balaban J connectivity index is 1.80. The minimum Gasteiger partial charge on any atom is -0.497 e. The number of carbonyl (C=O) groups excluding carboxylic acids is 1. The molecule has 1 heterocycles. The van der Waals surface area contributed by atoms with Crippen molar-refractivity contribution in [2.45, 2.75) is 26.8 Å². The predicted octanol–water partition coefficient (Wildman–Crippen LogP) is 4.49. The van der Waals surface area contributed by atoms with Crippen molar-refractivity contribution in [3.8, 4) is 22.8 Å². The molecule has 7 nitrogen and oxygen atoms in total. The van der Waals surface area contributed by atoms with Gasteiger partial charge in [0.15, 0.2) is 5.75 Å². The number of nitrogens with one attached hydrogen (secondary N) is 1. The maximum atomic E-state index is 10.9. The number of hydrogen-bond donors (Lipinski definition) is 1. The molecule has 2 aromatic carbocycles. The molecule has 0 aliphatic carbocycles. The van der Waals surface area contributed by atoms with E-state index in [1.165, 1.54) is 6.92 Å². The number of benzene rings is 2. The summed E-state index contributed by atoms with van der Waals surface area (Å²) in [5, 5.41) is 3.38. The molecule has 3 rings (SSSR count). The van der Waals surface area contributed by atoms with Crippen LogP contribution < -0.4 is 14.9 Å². The highest BCUT2D eigenvalue weighted by atomic mass is 17.2. The highest BCUT2D eigenvalue weighted by Crippen LogP contribution is 2.26. The molecule has 3 aromatic rings. The van der Waals surface area contributed by atoms with Gasteiger partial charge in [-0.2, -0.15) is 0 Å². The first-order chi connectivity index (χ1) is 13.9. The van der Waals surface area contributed by atoms with Crippen molar-refractivity contribution >= 4 is 11.8 Å². The Kier molecular flexibility index (Phi) is 6.29. The number of carbonyl (C=O) groups is 1. The van der Waals surface area contributed by atoms with Crippen molar-refractivity contribution in [3.63, 3.8) is 0 Å². The second-order valence-corrected chi connectivity index (χ2v) is 6.51. The fourth-order valence-electron chi connectivity index (χ4n) is 2.82.